The van der Waals surface area contributed by atoms with E-state index in [4.69, 9.17) is 0 Å². The summed E-state index contributed by atoms with van der Waals surface area (Å²) in [5.41, 5.74) is -0.440. The van der Waals surface area contributed by atoms with E-state index >= 15 is 0 Å². The lowest BCUT2D eigenvalue weighted by Crippen LogP contribution is -2.20. The predicted molar refractivity (Wildman–Crippen MR) is 50.1 cm³/mol. The molecule has 0 aliphatic heterocycles. The molecule has 0 radical (unpaired) electrons. The highest BCUT2D eigenvalue weighted by molar-refractivity contribution is 5.74. The van der Waals surface area contributed by atoms with Crippen LogP contribution in [0.5, 0.6) is 5.75 Å². The molecule has 0 unspecified atom stereocenters. The van der Waals surface area contributed by atoms with Gasteiger partial charge >= 0.3 is 6.36 Å². The fourth-order valence-electron chi connectivity index (χ4n) is 1.68. The number of hydrogen-bond donors (Lipinski definition) is 0. The summed E-state index contributed by atoms with van der Waals surface area (Å²) in [6.45, 7) is 0. The number of carbonyl (C=O) groups excluding carboxylic acids is 1. The lowest BCUT2D eigenvalue weighted by atomic mass is 9.97. The Balaban J connectivity index is 2.35. The van der Waals surface area contributed by atoms with E-state index < -0.39 is 11.8 Å². The van der Waals surface area contributed by atoms with Crippen molar-refractivity contribution in [3.8, 4) is 5.75 Å². The molecule has 1 saturated carbocycles. The van der Waals surface area contributed by atoms with Crippen molar-refractivity contribution in [3.05, 3.63) is 29.8 Å². The van der Waals surface area contributed by atoms with Crippen LogP contribution in [0.3, 0.4) is 0 Å². The number of para-hydroxylation sites is 1. The van der Waals surface area contributed by atoms with Crippen molar-refractivity contribution in [1.29, 1.82) is 0 Å². The number of aldehydes is 1. The van der Waals surface area contributed by atoms with Gasteiger partial charge in [-0.25, -0.2) is 0 Å². The van der Waals surface area contributed by atoms with Crippen LogP contribution >= 0.6 is 0 Å². The highest BCUT2D eigenvalue weighted by atomic mass is 19.4. The summed E-state index contributed by atoms with van der Waals surface area (Å²) in [5.74, 6) is -0.278. The van der Waals surface area contributed by atoms with Gasteiger partial charge in [-0.15, -0.1) is 13.2 Å². The molecule has 1 aromatic rings. The van der Waals surface area contributed by atoms with Gasteiger partial charge in [0.25, 0.3) is 0 Å². The Morgan fingerprint density at radius 3 is 2.38 bits per heavy atom. The average molecular weight is 230 g/mol. The number of ether oxygens (including phenoxy) is 1. The van der Waals surface area contributed by atoms with Gasteiger partial charge in [-0.05, 0) is 18.9 Å². The molecule has 0 amide bonds. The molecule has 0 aromatic heterocycles. The van der Waals surface area contributed by atoms with Crippen LogP contribution in [0.2, 0.25) is 0 Å². The van der Waals surface area contributed by atoms with Crippen LogP contribution < -0.4 is 4.74 Å². The molecule has 1 fully saturated rings. The van der Waals surface area contributed by atoms with Crippen LogP contribution in [-0.2, 0) is 10.2 Å². The van der Waals surface area contributed by atoms with E-state index in [1.807, 2.05) is 0 Å². The topological polar surface area (TPSA) is 26.3 Å². The molecule has 0 N–H and O–H groups in total. The third-order valence-electron chi connectivity index (χ3n) is 2.66. The normalized spacial score (nSPS) is 17.9. The molecule has 1 aliphatic rings. The second-order valence-electron chi connectivity index (χ2n) is 3.82. The Labute approximate surface area is 90.0 Å². The van der Waals surface area contributed by atoms with Crippen molar-refractivity contribution in [2.24, 2.45) is 0 Å². The Bertz CT molecular complexity index is 408. The summed E-state index contributed by atoms with van der Waals surface area (Å²) in [6, 6.07) is 5.78. The molecule has 1 aromatic carbocycles. The minimum absolute atomic E-state index is 0.278. The highest BCUT2D eigenvalue weighted by Crippen LogP contribution is 2.50. The third kappa shape index (κ3) is 2.03. The second-order valence-corrected chi connectivity index (χ2v) is 3.82. The molecular weight excluding hydrogens is 221 g/mol. The Kier molecular flexibility index (Phi) is 2.40. The van der Waals surface area contributed by atoms with Gasteiger partial charge in [0.15, 0.2) is 0 Å². The Morgan fingerprint density at radius 1 is 1.25 bits per heavy atom. The van der Waals surface area contributed by atoms with Crippen LogP contribution in [-0.4, -0.2) is 12.6 Å². The molecule has 0 spiro atoms. The van der Waals surface area contributed by atoms with Gasteiger partial charge in [0.2, 0.25) is 0 Å². The zero-order chi connectivity index (χ0) is 11.8. The zero-order valence-corrected chi connectivity index (χ0v) is 8.25. The zero-order valence-electron chi connectivity index (χ0n) is 8.25. The van der Waals surface area contributed by atoms with E-state index in [0.29, 0.717) is 24.7 Å². The van der Waals surface area contributed by atoms with Crippen molar-refractivity contribution in [2.45, 2.75) is 24.6 Å². The van der Waals surface area contributed by atoms with Crippen LogP contribution in [0.4, 0.5) is 13.2 Å². The van der Waals surface area contributed by atoms with Crippen molar-refractivity contribution in [2.75, 3.05) is 0 Å². The summed E-state index contributed by atoms with van der Waals surface area (Å²) in [7, 11) is 0. The molecule has 0 heterocycles. The lowest BCUT2D eigenvalue weighted by Gasteiger charge is -2.15. The van der Waals surface area contributed by atoms with Crippen molar-refractivity contribution >= 4 is 6.29 Å². The maximum Gasteiger partial charge on any atom is 0.573 e. The average Bonchev–Trinajstić information content (AvgIpc) is 2.97. The van der Waals surface area contributed by atoms with Crippen LogP contribution in [0.1, 0.15) is 18.4 Å². The van der Waals surface area contributed by atoms with Crippen molar-refractivity contribution in [1.82, 2.24) is 0 Å². The van der Waals surface area contributed by atoms with E-state index in [-0.39, 0.29) is 5.75 Å². The first-order chi connectivity index (χ1) is 7.47. The molecule has 2 nitrogen and oxygen atoms in total. The molecule has 16 heavy (non-hydrogen) atoms. The first kappa shape index (κ1) is 11.0. The summed E-state index contributed by atoms with van der Waals surface area (Å²) < 4.78 is 40.3. The van der Waals surface area contributed by atoms with Gasteiger partial charge in [-0.1, -0.05) is 18.2 Å². The second kappa shape index (κ2) is 3.50. The van der Waals surface area contributed by atoms with Crippen molar-refractivity contribution < 1.29 is 22.7 Å². The monoisotopic (exact) mass is 230 g/mol. The van der Waals surface area contributed by atoms with Crippen LogP contribution in [0.25, 0.3) is 0 Å². The van der Waals surface area contributed by atoms with E-state index in [1.54, 1.807) is 6.07 Å². The minimum atomic E-state index is -4.73. The Morgan fingerprint density at radius 2 is 1.88 bits per heavy atom. The van der Waals surface area contributed by atoms with E-state index in [1.165, 1.54) is 18.2 Å². The van der Waals surface area contributed by atoms with Gasteiger partial charge in [-0.2, -0.15) is 0 Å². The van der Waals surface area contributed by atoms with Gasteiger partial charge in [0, 0.05) is 5.56 Å². The minimum Gasteiger partial charge on any atom is -0.405 e. The summed E-state index contributed by atoms with van der Waals surface area (Å²) in [6.07, 6.45) is -2.87. The molecular formula is C11H9F3O2. The lowest BCUT2D eigenvalue weighted by molar-refractivity contribution is -0.275. The van der Waals surface area contributed by atoms with Gasteiger partial charge in [0.1, 0.15) is 12.0 Å². The van der Waals surface area contributed by atoms with E-state index in [0.717, 1.165) is 0 Å². The number of halogens is 3. The summed E-state index contributed by atoms with van der Waals surface area (Å²) in [4.78, 5) is 10.9. The summed E-state index contributed by atoms with van der Waals surface area (Å²) >= 11 is 0. The SMILES string of the molecule is O=CC1(c2ccccc2OC(F)(F)F)CC1. The number of rotatable bonds is 3. The maximum absolute atomic E-state index is 12.1. The van der Waals surface area contributed by atoms with E-state index in [2.05, 4.69) is 4.74 Å². The molecule has 5 heteroatoms. The number of carbonyl (C=O) groups is 1. The number of hydrogen-bond acceptors (Lipinski definition) is 2. The number of benzene rings is 1. The molecule has 0 bridgehead atoms. The van der Waals surface area contributed by atoms with E-state index in [9.17, 15) is 18.0 Å². The number of alkyl halides is 3. The fourth-order valence-corrected chi connectivity index (χ4v) is 1.68. The first-order valence-corrected chi connectivity index (χ1v) is 4.78. The quantitative estimate of drug-likeness (QED) is 0.746. The molecule has 86 valence electrons. The molecule has 0 saturated heterocycles. The maximum atomic E-state index is 12.1. The largest absolute Gasteiger partial charge is 0.573 e. The van der Waals surface area contributed by atoms with Crippen LogP contribution in [0, 0.1) is 0 Å². The smallest absolute Gasteiger partial charge is 0.405 e. The van der Waals surface area contributed by atoms with Crippen LogP contribution in [0.15, 0.2) is 24.3 Å². The van der Waals surface area contributed by atoms with Gasteiger partial charge in [0.05, 0.1) is 5.41 Å². The van der Waals surface area contributed by atoms with Gasteiger partial charge in [-0.3, -0.25) is 0 Å². The third-order valence-corrected chi connectivity index (χ3v) is 2.66. The molecule has 2 rings (SSSR count). The molecule has 1 aliphatic carbocycles. The Hall–Kier alpha value is -1.52. The molecule has 0 atom stereocenters. The predicted octanol–water partition coefficient (Wildman–Crippen LogP) is 2.82. The van der Waals surface area contributed by atoms with Crippen molar-refractivity contribution in [3.63, 3.8) is 0 Å². The summed E-state index contributed by atoms with van der Waals surface area (Å²) in [5, 5.41) is 0. The standard InChI is InChI=1S/C11H9F3O2/c12-11(13,14)16-9-4-2-1-3-8(9)10(7-15)5-6-10/h1-4,7H,5-6H2. The fraction of sp³-hybridized carbons (Fsp3) is 0.364. The highest BCUT2D eigenvalue weighted by Gasteiger charge is 2.47. The van der Waals surface area contributed by atoms with Gasteiger partial charge < -0.3 is 9.53 Å². The first-order valence-electron chi connectivity index (χ1n) is 4.78.